The van der Waals surface area contributed by atoms with Crippen LogP contribution in [0.25, 0.3) is 5.57 Å². The number of nitrogens with one attached hydrogen (secondary N) is 2. The molecule has 0 spiro atoms. The number of rotatable bonds is 5. The minimum atomic E-state index is -0.784. The number of fused-ring (bicyclic) bond motifs is 1. The molecule has 0 aliphatic carbocycles. The van der Waals surface area contributed by atoms with Crippen LogP contribution in [-0.4, -0.2) is 36.6 Å². The largest absolute Gasteiger partial charge is 0.492 e. The molecule has 8 heteroatoms. The van der Waals surface area contributed by atoms with Crippen molar-refractivity contribution >= 4 is 34.8 Å². The number of ether oxygens (including phenoxy) is 2. The molecule has 2 aromatic rings. The standard InChI is InChI=1S/C25H30N4O4/c1-15-16(2)22(29-13-9-8-10-20(15)29)28-19-12-11-18(14-21(19)32-7)27-23(30)17(3)26-24(31)33-25(4,5)6/h8-14,17H,1-7H3,(H,26,31)/p+1/t17-/m0/s1. The van der Waals surface area contributed by atoms with Gasteiger partial charge in [-0.1, -0.05) is 6.07 Å². The zero-order valence-electron chi connectivity index (χ0n) is 20.1. The molecule has 8 nitrogen and oxygen atoms in total. The molecule has 1 aromatic heterocycles. The minimum absolute atomic E-state index is 0.378. The Hall–Kier alpha value is -3.68. The van der Waals surface area contributed by atoms with Crippen LogP contribution < -0.4 is 19.9 Å². The van der Waals surface area contributed by atoms with Crippen molar-refractivity contribution in [2.75, 3.05) is 12.4 Å². The number of hydrogen-bond donors (Lipinski definition) is 2. The van der Waals surface area contributed by atoms with Gasteiger partial charge in [0.2, 0.25) is 11.6 Å². The second-order valence-corrected chi connectivity index (χ2v) is 8.89. The highest BCUT2D eigenvalue weighted by Crippen LogP contribution is 2.32. The molecule has 1 aliphatic heterocycles. The lowest BCUT2D eigenvalue weighted by Gasteiger charge is -2.21. The van der Waals surface area contributed by atoms with Crippen LogP contribution in [0.1, 0.15) is 47.2 Å². The first kappa shape index (κ1) is 24.0. The van der Waals surface area contributed by atoms with E-state index in [1.807, 2.05) is 29.8 Å². The number of allylic oxidation sites excluding steroid dienone is 2. The molecule has 1 aliphatic rings. The highest BCUT2D eigenvalue weighted by Gasteiger charge is 2.30. The van der Waals surface area contributed by atoms with Crippen molar-refractivity contribution in [1.29, 1.82) is 0 Å². The van der Waals surface area contributed by atoms with E-state index in [1.54, 1.807) is 53.0 Å². The summed E-state index contributed by atoms with van der Waals surface area (Å²) in [5, 5.41) is 5.31. The maximum atomic E-state index is 12.5. The average molecular weight is 452 g/mol. The van der Waals surface area contributed by atoms with Crippen molar-refractivity contribution < 1.29 is 23.6 Å². The van der Waals surface area contributed by atoms with Gasteiger partial charge in [-0.25, -0.2) is 4.79 Å². The van der Waals surface area contributed by atoms with Gasteiger partial charge in [0.15, 0.2) is 5.75 Å². The van der Waals surface area contributed by atoms with Gasteiger partial charge in [-0.05, 0) is 70.8 Å². The van der Waals surface area contributed by atoms with Crippen LogP contribution in [0.15, 0.2) is 53.2 Å². The van der Waals surface area contributed by atoms with E-state index in [0.29, 0.717) is 17.1 Å². The van der Waals surface area contributed by atoms with E-state index in [-0.39, 0.29) is 5.91 Å². The SMILES string of the molecule is COc1cc(NC(=O)[C@H](C)NC(=O)OC(C)(C)C)ccc1N=C1C(C)=C(C)c2cccc[n+]21. The third kappa shape index (κ3) is 5.58. The van der Waals surface area contributed by atoms with E-state index in [9.17, 15) is 9.59 Å². The lowest BCUT2D eigenvalue weighted by molar-refractivity contribution is -0.554. The molecule has 1 atom stereocenters. The molecule has 33 heavy (non-hydrogen) atoms. The molecule has 0 radical (unpaired) electrons. The first-order chi connectivity index (χ1) is 15.5. The van der Waals surface area contributed by atoms with Crippen LogP contribution in [0.5, 0.6) is 5.75 Å². The maximum Gasteiger partial charge on any atom is 0.408 e. The highest BCUT2D eigenvalue weighted by atomic mass is 16.6. The predicted molar refractivity (Wildman–Crippen MR) is 128 cm³/mol. The van der Waals surface area contributed by atoms with Crippen LogP contribution >= 0.6 is 0 Å². The Balaban J connectivity index is 1.78. The second-order valence-electron chi connectivity index (χ2n) is 8.89. The third-order valence-electron chi connectivity index (χ3n) is 5.17. The number of anilines is 1. The monoisotopic (exact) mass is 451 g/mol. The third-order valence-corrected chi connectivity index (χ3v) is 5.17. The van der Waals surface area contributed by atoms with Crippen molar-refractivity contribution in [2.45, 2.75) is 53.2 Å². The average Bonchev–Trinajstić information content (AvgIpc) is 2.98. The fraction of sp³-hybridized carbons (Fsp3) is 0.360. The molecular weight excluding hydrogens is 420 g/mol. The smallest absolute Gasteiger partial charge is 0.408 e. The second kappa shape index (κ2) is 9.44. The number of carbonyl (C=O) groups is 2. The summed E-state index contributed by atoms with van der Waals surface area (Å²) in [6, 6.07) is 10.5. The molecule has 0 saturated carbocycles. The predicted octanol–water partition coefficient (Wildman–Crippen LogP) is 4.22. The summed E-state index contributed by atoms with van der Waals surface area (Å²) in [4.78, 5) is 29.3. The van der Waals surface area contributed by atoms with Gasteiger partial charge in [0.05, 0.1) is 18.9 Å². The van der Waals surface area contributed by atoms with Crippen molar-refractivity contribution in [3.63, 3.8) is 0 Å². The summed E-state index contributed by atoms with van der Waals surface area (Å²) in [5.41, 5.74) is 3.88. The number of aliphatic imine (C=N–C) groups is 1. The van der Waals surface area contributed by atoms with E-state index >= 15 is 0 Å². The van der Waals surface area contributed by atoms with Gasteiger partial charge >= 0.3 is 11.9 Å². The van der Waals surface area contributed by atoms with Gasteiger partial charge < -0.3 is 20.1 Å². The van der Waals surface area contributed by atoms with E-state index in [4.69, 9.17) is 14.5 Å². The lowest BCUT2D eigenvalue weighted by atomic mass is 10.1. The zero-order chi connectivity index (χ0) is 24.3. The molecule has 2 N–H and O–H groups in total. The number of carbonyl (C=O) groups excluding carboxylic acids is 2. The Labute approximate surface area is 194 Å². The number of aromatic nitrogens is 1. The van der Waals surface area contributed by atoms with Crippen molar-refractivity contribution in [1.82, 2.24) is 5.32 Å². The molecule has 0 unspecified atom stereocenters. The van der Waals surface area contributed by atoms with Crippen LogP contribution in [0, 0.1) is 0 Å². The number of benzene rings is 1. The Kier molecular flexibility index (Phi) is 6.86. The number of hydrogen-bond acceptors (Lipinski definition) is 5. The first-order valence-electron chi connectivity index (χ1n) is 10.8. The van der Waals surface area contributed by atoms with Gasteiger partial charge in [0.25, 0.3) is 0 Å². The molecule has 0 saturated heterocycles. The van der Waals surface area contributed by atoms with Crippen LogP contribution in [0.4, 0.5) is 16.2 Å². The summed E-state index contributed by atoms with van der Waals surface area (Å²) in [7, 11) is 1.56. The lowest BCUT2D eigenvalue weighted by Crippen LogP contribution is -2.43. The summed E-state index contributed by atoms with van der Waals surface area (Å²) in [6.45, 7) is 11.0. The van der Waals surface area contributed by atoms with Crippen molar-refractivity contribution in [3.8, 4) is 5.75 Å². The Morgan fingerprint density at radius 1 is 1.09 bits per heavy atom. The summed E-state index contributed by atoms with van der Waals surface area (Å²) in [6.07, 6.45) is 1.33. The Morgan fingerprint density at radius 2 is 1.82 bits per heavy atom. The highest BCUT2D eigenvalue weighted by molar-refractivity contribution is 6.03. The van der Waals surface area contributed by atoms with Crippen molar-refractivity contribution in [3.05, 3.63) is 53.9 Å². The van der Waals surface area contributed by atoms with Gasteiger partial charge in [-0.3, -0.25) is 4.79 Å². The van der Waals surface area contributed by atoms with Crippen LogP contribution in [-0.2, 0) is 9.53 Å². The summed E-state index contributed by atoms with van der Waals surface area (Å²) in [5.74, 6) is 0.966. The Morgan fingerprint density at radius 3 is 2.48 bits per heavy atom. The van der Waals surface area contributed by atoms with Gasteiger partial charge in [0, 0.05) is 17.3 Å². The summed E-state index contributed by atoms with van der Waals surface area (Å²) >= 11 is 0. The van der Waals surface area contributed by atoms with Gasteiger partial charge in [0.1, 0.15) is 17.3 Å². The van der Waals surface area contributed by atoms with Crippen LogP contribution in [0.3, 0.4) is 0 Å². The first-order valence-corrected chi connectivity index (χ1v) is 10.8. The molecule has 2 heterocycles. The fourth-order valence-electron chi connectivity index (χ4n) is 3.37. The normalized spacial score (nSPS) is 15.2. The van der Waals surface area contributed by atoms with Gasteiger partial charge in [-0.15, -0.1) is 0 Å². The van der Waals surface area contributed by atoms with E-state index < -0.39 is 17.7 Å². The van der Waals surface area contributed by atoms with E-state index in [0.717, 1.165) is 17.1 Å². The van der Waals surface area contributed by atoms with E-state index in [2.05, 4.69) is 23.6 Å². The molecule has 3 rings (SSSR count). The number of alkyl carbamates (subject to hydrolysis) is 1. The quantitative estimate of drug-likeness (QED) is 0.666. The maximum absolute atomic E-state index is 12.5. The molecule has 1 aromatic carbocycles. The number of nitrogens with zero attached hydrogens (tertiary/aromatic N) is 2. The Bertz CT molecular complexity index is 1150. The van der Waals surface area contributed by atoms with E-state index in [1.165, 1.54) is 5.57 Å². The van der Waals surface area contributed by atoms with Crippen LogP contribution in [0.2, 0.25) is 0 Å². The number of amides is 2. The van der Waals surface area contributed by atoms with Crippen molar-refractivity contribution in [2.24, 2.45) is 4.99 Å². The topological polar surface area (TPSA) is 92.9 Å². The molecule has 0 fully saturated rings. The number of methoxy groups -OCH3 is 1. The minimum Gasteiger partial charge on any atom is -0.492 e. The molecule has 2 amide bonds. The molecule has 174 valence electrons. The fourth-order valence-corrected chi connectivity index (χ4v) is 3.37. The zero-order valence-corrected chi connectivity index (χ0v) is 20.1. The molecule has 0 bridgehead atoms. The summed E-state index contributed by atoms with van der Waals surface area (Å²) < 4.78 is 12.8. The molecular formula is C25H31N4O4+. The van der Waals surface area contributed by atoms with Gasteiger partial charge in [-0.2, -0.15) is 4.57 Å². The number of pyridine rings is 1.